The van der Waals surface area contributed by atoms with Crippen molar-refractivity contribution in [2.75, 3.05) is 27.2 Å². The van der Waals surface area contributed by atoms with Gasteiger partial charge in [0.15, 0.2) is 0 Å². The van der Waals surface area contributed by atoms with E-state index in [2.05, 4.69) is 5.32 Å². The summed E-state index contributed by atoms with van der Waals surface area (Å²) < 4.78 is 36.3. The van der Waals surface area contributed by atoms with Crippen LogP contribution in [-0.2, 0) is 4.79 Å². The molecule has 1 unspecified atom stereocenters. The maximum absolute atomic E-state index is 12.1. The minimum absolute atomic E-state index is 0.00772. The number of carbonyl (C=O) groups is 1. The zero-order valence-corrected chi connectivity index (χ0v) is 10.5. The van der Waals surface area contributed by atoms with Crippen molar-refractivity contribution >= 4 is 5.97 Å². The van der Waals surface area contributed by atoms with Crippen molar-refractivity contribution in [3.8, 4) is 0 Å². The summed E-state index contributed by atoms with van der Waals surface area (Å²) >= 11 is 0. The highest BCUT2D eigenvalue weighted by Gasteiger charge is 2.50. The zero-order valence-electron chi connectivity index (χ0n) is 10.5. The summed E-state index contributed by atoms with van der Waals surface area (Å²) in [6, 6.07) is 0. The summed E-state index contributed by atoms with van der Waals surface area (Å²) in [6.45, 7) is -0.105. The lowest BCUT2D eigenvalue weighted by atomic mass is 9.92. The molecule has 1 aliphatic rings. The molecule has 0 aromatic carbocycles. The highest BCUT2D eigenvalue weighted by atomic mass is 19.4. The summed E-state index contributed by atoms with van der Waals surface area (Å²) in [5.74, 6) is -0.986. The smallest absolute Gasteiger partial charge is 0.390 e. The Morgan fingerprint density at radius 3 is 2.33 bits per heavy atom. The molecule has 0 aliphatic heterocycles. The molecule has 0 saturated heterocycles. The number of nitrogens with zero attached hydrogens (tertiary/aromatic N) is 1. The van der Waals surface area contributed by atoms with Crippen LogP contribution in [0.5, 0.6) is 0 Å². The Bertz CT molecular complexity index is 305. The van der Waals surface area contributed by atoms with Gasteiger partial charge in [-0.2, -0.15) is 13.2 Å². The molecule has 0 radical (unpaired) electrons. The van der Waals surface area contributed by atoms with E-state index in [1.165, 1.54) is 11.9 Å². The van der Waals surface area contributed by atoms with Crippen LogP contribution in [0, 0.1) is 5.92 Å². The van der Waals surface area contributed by atoms with Crippen molar-refractivity contribution < 1.29 is 23.1 Å². The van der Waals surface area contributed by atoms with Gasteiger partial charge in [0.05, 0.1) is 6.42 Å². The number of likely N-dealkylation sites (N-methyl/N-ethyl adjacent to an activating group) is 2. The first kappa shape index (κ1) is 15.2. The van der Waals surface area contributed by atoms with Gasteiger partial charge in [0.25, 0.3) is 0 Å². The van der Waals surface area contributed by atoms with Crippen molar-refractivity contribution in [3.05, 3.63) is 0 Å². The molecule has 1 fully saturated rings. The van der Waals surface area contributed by atoms with Crippen LogP contribution in [0.1, 0.15) is 19.3 Å². The third-order valence-corrected chi connectivity index (χ3v) is 3.40. The standard InChI is InChI=1S/C11H19F3N2O2/c1-15-10(9(17)18,8-3-4-8)7-16(2)6-5-11(12,13)14/h8,15H,3-7H2,1-2H3,(H,17,18). The summed E-state index contributed by atoms with van der Waals surface area (Å²) in [5.41, 5.74) is -1.12. The Morgan fingerprint density at radius 2 is 2.00 bits per heavy atom. The summed E-state index contributed by atoms with van der Waals surface area (Å²) in [7, 11) is 3.06. The molecule has 106 valence electrons. The maximum Gasteiger partial charge on any atom is 0.390 e. The number of hydrogen-bond acceptors (Lipinski definition) is 3. The first-order chi connectivity index (χ1) is 8.21. The summed E-state index contributed by atoms with van der Waals surface area (Å²) in [5, 5.41) is 12.1. The molecule has 0 aromatic heterocycles. The molecule has 1 rings (SSSR count). The molecule has 18 heavy (non-hydrogen) atoms. The molecule has 0 bridgehead atoms. The van der Waals surface area contributed by atoms with E-state index < -0.39 is 24.1 Å². The van der Waals surface area contributed by atoms with Crippen molar-refractivity contribution in [2.24, 2.45) is 5.92 Å². The van der Waals surface area contributed by atoms with E-state index in [0.29, 0.717) is 0 Å². The Morgan fingerprint density at radius 1 is 1.44 bits per heavy atom. The van der Waals surface area contributed by atoms with Gasteiger partial charge in [-0.25, -0.2) is 0 Å². The molecule has 1 aliphatic carbocycles. The van der Waals surface area contributed by atoms with Crippen LogP contribution in [0.4, 0.5) is 13.2 Å². The molecule has 0 spiro atoms. The number of alkyl halides is 3. The van der Waals surface area contributed by atoms with Gasteiger partial charge in [-0.05, 0) is 32.9 Å². The van der Waals surface area contributed by atoms with Crippen LogP contribution < -0.4 is 5.32 Å². The molecule has 0 heterocycles. The number of aliphatic carboxylic acids is 1. The zero-order chi connectivity index (χ0) is 14.0. The second-order valence-corrected chi connectivity index (χ2v) is 4.90. The fraction of sp³-hybridized carbons (Fsp3) is 0.909. The van der Waals surface area contributed by atoms with Gasteiger partial charge in [-0.15, -0.1) is 0 Å². The lowest BCUT2D eigenvalue weighted by molar-refractivity contribution is -0.147. The summed E-state index contributed by atoms with van der Waals surface area (Å²) in [4.78, 5) is 12.8. The van der Waals surface area contributed by atoms with Crippen molar-refractivity contribution in [2.45, 2.75) is 31.0 Å². The Hall–Kier alpha value is -0.820. The van der Waals surface area contributed by atoms with Crippen LogP contribution in [0.3, 0.4) is 0 Å². The Balaban J connectivity index is 2.58. The van der Waals surface area contributed by atoms with Gasteiger partial charge >= 0.3 is 12.1 Å². The van der Waals surface area contributed by atoms with Crippen LogP contribution >= 0.6 is 0 Å². The van der Waals surface area contributed by atoms with Crippen LogP contribution in [0.2, 0.25) is 0 Å². The maximum atomic E-state index is 12.1. The average Bonchev–Trinajstić information content (AvgIpc) is 3.05. The normalized spacial score (nSPS) is 19.9. The topological polar surface area (TPSA) is 52.6 Å². The van der Waals surface area contributed by atoms with Gasteiger partial charge in [0, 0.05) is 13.1 Å². The Labute approximate surface area is 104 Å². The van der Waals surface area contributed by atoms with Gasteiger partial charge < -0.3 is 15.3 Å². The fourth-order valence-corrected chi connectivity index (χ4v) is 2.16. The number of carboxylic acid groups (broad SMARTS) is 1. The van der Waals surface area contributed by atoms with E-state index in [1.54, 1.807) is 7.05 Å². The van der Waals surface area contributed by atoms with E-state index >= 15 is 0 Å². The van der Waals surface area contributed by atoms with Crippen molar-refractivity contribution in [1.82, 2.24) is 10.2 Å². The van der Waals surface area contributed by atoms with Gasteiger partial charge in [-0.1, -0.05) is 0 Å². The number of rotatable bonds is 7. The highest BCUT2D eigenvalue weighted by Crippen LogP contribution is 2.40. The highest BCUT2D eigenvalue weighted by molar-refractivity contribution is 5.80. The molecule has 7 heteroatoms. The molecular formula is C11H19F3N2O2. The number of nitrogens with one attached hydrogen (secondary N) is 1. The number of halogens is 3. The number of carboxylic acids is 1. The second kappa shape index (κ2) is 5.44. The molecule has 0 aromatic rings. The third kappa shape index (κ3) is 3.84. The van der Waals surface area contributed by atoms with Gasteiger partial charge in [-0.3, -0.25) is 4.79 Å². The largest absolute Gasteiger partial charge is 0.480 e. The van der Waals surface area contributed by atoms with E-state index in [-0.39, 0.29) is 19.0 Å². The molecule has 0 amide bonds. The molecule has 4 nitrogen and oxygen atoms in total. The lowest BCUT2D eigenvalue weighted by Gasteiger charge is -2.33. The quantitative estimate of drug-likeness (QED) is 0.731. The summed E-state index contributed by atoms with van der Waals surface area (Å²) in [6.07, 6.45) is -3.52. The van der Waals surface area contributed by atoms with Crippen molar-refractivity contribution in [1.29, 1.82) is 0 Å². The van der Waals surface area contributed by atoms with Crippen LogP contribution in [0.25, 0.3) is 0 Å². The van der Waals surface area contributed by atoms with E-state index in [1.807, 2.05) is 0 Å². The SMILES string of the molecule is CNC(CN(C)CCC(F)(F)F)(C(=O)O)C1CC1. The van der Waals surface area contributed by atoms with E-state index in [4.69, 9.17) is 0 Å². The van der Waals surface area contributed by atoms with Gasteiger partial charge in [0.1, 0.15) is 5.54 Å². The van der Waals surface area contributed by atoms with Gasteiger partial charge in [0.2, 0.25) is 0 Å². The van der Waals surface area contributed by atoms with E-state index in [0.717, 1.165) is 12.8 Å². The lowest BCUT2D eigenvalue weighted by Crippen LogP contribution is -2.59. The molecule has 2 N–H and O–H groups in total. The van der Waals surface area contributed by atoms with E-state index in [9.17, 15) is 23.1 Å². The average molecular weight is 268 g/mol. The first-order valence-electron chi connectivity index (χ1n) is 5.89. The minimum Gasteiger partial charge on any atom is -0.480 e. The Kier molecular flexibility index (Phi) is 4.61. The third-order valence-electron chi connectivity index (χ3n) is 3.40. The minimum atomic E-state index is -4.21. The first-order valence-corrected chi connectivity index (χ1v) is 5.89. The number of hydrogen-bond donors (Lipinski definition) is 2. The fourth-order valence-electron chi connectivity index (χ4n) is 2.16. The molecule has 1 saturated carbocycles. The molecule has 1 atom stereocenters. The van der Waals surface area contributed by atoms with Crippen LogP contribution in [-0.4, -0.2) is 54.9 Å². The van der Waals surface area contributed by atoms with Crippen LogP contribution in [0.15, 0.2) is 0 Å². The predicted molar refractivity (Wildman–Crippen MR) is 60.3 cm³/mol. The predicted octanol–water partition coefficient (Wildman–Crippen LogP) is 1.32. The molecular weight excluding hydrogens is 249 g/mol. The van der Waals surface area contributed by atoms with Crippen molar-refractivity contribution in [3.63, 3.8) is 0 Å². The second-order valence-electron chi connectivity index (χ2n) is 4.90. The monoisotopic (exact) mass is 268 g/mol.